The van der Waals surface area contributed by atoms with Gasteiger partial charge in [-0.3, -0.25) is 0 Å². The van der Waals surface area contributed by atoms with E-state index in [4.69, 9.17) is 10.1 Å². The molecule has 118 valence electrons. The lowest BCUT2D eigenvalue weighted by Gasteiger charge is -2.08. The molecule has 1 aromatic heterocycles. The Hall–Kier alpha value is -1.14. The van der Waals surface area contributed by atoms with E-state index in [9.17, 15) is 4.79 Å². The first-order chi connectivity index (χ1) is 10.1. The number of nitrogens with one attached hydrogen (secondary N) is 2. The molecular weight excluding hydrogens is 286 g/mol. The zero-order chi connectivity index (χ0) is 15.1. The zero-order valence-electron chi connectivity index (χ0n) is 12.7. The van der Waals surface area contributed by atoms with Gasteiger partial charge in [-0.15, -0.1) is 11.3 Å². The number of aryl methyl sites for hydroxylation is 3. The van der Waals surface area contributed by atoms with Gasteiger partial charge in [0.25, 0.3) is 0 Å². The van der Waals surface area contributed by atoms with Gasteiger partial charge in [-0.2, -0.15) is 0 Å². The molecule has 0 saturated carbocycles. The summed E-state index contributed by atoms with van der Waals surface area (Å²) in [5, 5.41) is 15.9. The maximum absolute atomic E-state index is 11.5. The Morgan fingerprint density at radius 1 is 1.33 bits per heavy atom. The number of thiazole rings is 1. The number of fused-ring (bicyclic) bond motifs is 1. The summed E-state index contributed by atoms with van der Waals surface area (Å²) >= 11 is 1.84. The Labute approximate surface area is 130 Å². The average molecular weight is 311 g/mol. The van der Waals surface area contributed by atoms with Crippen molar-refractivity contribution in [2.75, 3.05) is 13.1 Å². The maximum Gasteiger partial charge on any atom is 0.314 e. The number of hydrogen-bond acceptors (Lipinski definition) is 4. The van der Waals surface area contributed by atoms with E-state index in [2.05, 4.69) is 10.6 Å². The van der Waals surface area contributed by atoms with E-state index in [0.717, 1.165) is 19.3 Å². The molecule has 1 heterocycles. The third kappa shape index (κ3) is 5.63. The summed E-state index contributed by atoms with van der Waals surface area (Å²) in [7, 11) is 0. The largest absolute Gasteiger partial charge is 0.393 e. The van der Waals surface area contributed by atoms with Gasteiger partial charge in [0, 0.05) is 24.4 Å². The number of aromatic nitrogens is 1. The number of carbonyl (C=O) groups excluding carboxylic acids is 1. The van der Waals surface area contributed by atoms with Crippen LogP contribution in [0.15, 0.2) is 0 Å². The Bertz CT molecular complexity index is 436. The van der Waals surface area contributed by atoms with Crippen LogP contribution in [0.25, 0.3) is 0 Å². The number of amides is 2. The van der Waals surface area contributed by atoms with Gasteiger partial charge in [0.1, 0.15) is 0 Å². The predicted molar refractivity (Wildman–Crippen MR) is 84.8 cm³/mol. The molecule has 2 rings (SSSR count). The molecule has 0 spiro atoms. The molecule has 0 aromatic carbocycles. The van der Waals surface area contributed by atoms with E-state index in [1.165, 1.54) is 34.8 Å². The Morgan fingerprint density at radius 2 is 2.10 bits per heavy atom. The summed E-state index contributed by atoms with van der Waals surface area (Å²) < 4.78 is 0. The highest BCUT2D eigenvalue weighted by Gasteiger charge is 2.14. The average Bonchev–Trinajstić information content (AvgIpc) is 2.86. The lowest BCUT2D eigenvalue weighted by molar-refractivity contribution is 0.183. The molecule has 3 N–H and O–H groups in total. The topological polar surface area (TPSA) is 74.2 Å². The minimum absolute atomic E-state index is 0.158. The minimum atomic E-state index is -0.374. The fourth-order valence-electron chi connectivity index (χ4n) is 2.41. The van der Waals surface area contributed by atoms with Gasteiger partial charge < -0.3 is 15.7 Å². The molecule has 5 nitrogen and oxygen atoms in total. The van der Waals surface area contributed by atoms with Crippen LogP contribution >= 0.6 is 11.3 Å². The molecule has 0 bridgehead atoms. The molecule has 0 fully saturated rings. The fourth-order valence-corrected chi connectivity index (χ4v) is 3.61. The van der Waals surface area contributed by atoms with Gasteiger partial charge in [-0.1, -0.05) is 0 Å². The van der Waals surface area contributed by atoms with Gasteiger partial charge in [0.05, 0.1) is 16.8 Å². The van der Waals surface area contributed by atoms with Crippen molar-refractivity contribution in [1.82, 2.24) is 15.6 Å². The van der Waals surface area contributed by atoms with Crippen LogP contribution in [0.1, 0.15) is 48.2 Å². The lowest BCUT2D eigenvalue weighted by atomic mass is 10.0. The second-order valence-electron chi connectivity index (χ2n) is 5.61. The molecule has 0 saturated heterocycles. The minimum Gasteiger partial charge on any atom is -0.393 e. The summed E-state index contributed by atoms with van der Waals surface area (Å²) in [5.41, 5.74) is 1.31. The van der Waals surface area contributed by atoms with E-state index in [1.54, 1.807) is 6.92 Å². The standard InChI is InChI=1S/C15H25N3O2S/c1-11(19)8-10-17-15(20)16-9-4-7-14-18-12-5-2-3-6-13(12)21-14/h11,19H,2-10H2,1H3,(H2,16,17,20). The van der Waals surface area contributed by atoms with Crippen molar-refractivity contribution in [3.8, 4) is 0 Å². The number of aliphatic hydroxyl groups is 1. The molecule has 0 aliphatic heterocycles. The van der Waals surface area contributed by atoms with Crippen LogP contribution in [0.5, 0.6) is 0 Å². The van der Waals surface area contributed by atoms with Gasteiger partial charge in [-0.05, 0) is 45.4 Å². The molecule has 21 heavy (non-hydrogen) atoms. The normalized spacial score (nSPS) is 15.3. The Kier molecular flexibility index (Phi) is 6.45. The van der Waals surface area contributed by atoms with Crippen LogP contribution in [0.4, 0.5) is 4.79 Å². The highest BCUT2D eigenvalue weighted by atomic mass is 32.1. The van der Waals surface area contributed by atoms with E-state index >= 15 is 0 Å². The monoisotopic (exact) mass is 311 g/mol. The number of nitrogens with zero attached hydrogens (tertiary/aromatic N) is 1. The summed E-state index contributed by atoms with van der Waals surface area (Å²) in [6, 6.07) is -0.158. The number of rotatable bonds is 7. The Morgan fingerprint density at radius 3 is 2.86 bits per heavy atom. The van der Waals surface area contributed by atoms with Gasteiger partial charge in [0.2, 0.25) is 0 Å². The highest BCUT2D eigenvalue weighted by Crippen LogP contribution is 2.27. The van der Waals surface area contributed by atoms with Crippen LogP contribution in [0.2, 0.25) is 0 Å². The van der Waals surface area contributed by atoms with Crippen molar-refractivity contribution in [3.63, 3.8) is 0 Å². The van der Waals surface area contributed by atoms with Crippen LogP contribution in [-0.2, 0) is 19.3 Å². The molecule has 1 aromatic rings. The second-order valence-corrected chi connectivity index (χ2v) is 6.78. The van der Waals surface area contributed by atoms with Crippen molar-refractivity contribution < 1.29 is 9.90 Å². The Balaban J connectivity index is 1.59. The van der Waals surface area contributed by atoms with Gasteiger partial charge in [-0.25, -0.2) is 9.78 Å². The van der Waals surface area contributed by atoms with Crippen molar-refractivity contribution in [2.24, 2.45) is 0 Å². The molecule has 1 aliphatic carbocycles. The predicted octanol–water partition coefficient (Wildman–Crippen LogP) is 2.02. The zero-order valence-corrected chi connectivity index (χ0v) is 13.5. The van der Waals surface area contributed by atoms with Crippen LogP contribution in [0.3, 0.4) is 0 Å². The molecule has 0 radical (unpaired) electrons. The number of carbonyl (C=O) groups is 1. The first-order valence-corrected chi connectivity index (χ1v) is 8.64. The quantitative estimate of drug-likeness (QED) is 0.675. The third-order valence-electron chi connectivity index (χ3n) is 3.59. The van der Waals surface area contributed by atoms with E-state index in [1.807, 2.05) is 11.3 Å². The molecule has 6 heteroatoms. The van der Waals surface area contributed by atoms with Crippen LogP contribution in [0, 0.1) is 0 Å². The van der Waals surface area contributed by atoms with E-state index in [0.29, 0.717) is 19.5 Å². The maximum atomic E-state index is 11.5. The first-order valence-electron chi connectivity index (χ1n) is 7.82. The molecule has 1 atom stereocenters. The summed E-state index contributed by atoms with van der Waals surface area (Å²) in [5.74, 6) is 0. The van der Waals surface area contributed by atoms with Crippen molar-refractivity contribution in [3.05, 3.63) is 15.6 Å². The SMILES string of the molecule is CC(O)CCNC(=O)NCCCc1nc2c(s1)CCCC2. The fraction of sp³-hybridized carbons (Fsp3) is 0.733. The van der Waals surface area contributed by atoms with Crippen molar-refractivity contribution in [1.29, 1.82) is 0 Å². The summed E-state index contributed by atoms with van der Waals surface area (Å²) in [4.78, 5) is 17.6. The molecular formula is C15H25N3O2S. The number of aliphatic hydroxyl groups excluding tert-OH is 1. The number of urea groups is 1. The molecule has 1 aliphatic rings. The van der Waals surface area contributed by atoms with E-state index < -0.39 is 0 Å². The number of hydrogen-bond donors (Lipinski definition) is 3. The third-order valence-corrected chi connectivity index (χ3v) is 4.81. The van der Waals surface area contributed by atoms with Gasteiger partial charge in [0.15, 0.2) is 0 Å². The lowest BCUT2D eigenvalue weighted by Crippen LogP contribution is -2.37. The van der Waals surface area contributed by atoms with Gasteiger partial charge >= 0.3 is 6.03 Å². The second kappa shape index (κ2) is 8.34. The highest BCUT2D eigenvalue weighted by molar-refractivity contribution is 7.11. The summed E-state index contributed by atoms with van der Waals surface area (Å²) in [6.07, 6.45) is 6.95. The van der Waals surface area contributed by atoms with Crippen molar-refractivity contribution in [2.45, 2.75) is 58.0 Å². The molecule has 2 amide bonds. The van der Waals surface area contributed by atoms with Crippen LogP contribution < -0.4 is 10.6 Å². The first kappa shape index (κ1) is 16.2. The van der Waals surface area contributed by atoms with Crippen molar-refractivity contribution >= 4 is 17.4 Å². The van der Waals surface area contributed by atoms with E-state index in [-0.39, 0.29) is 12.1 Å². The summed E-state index contributed by atoms with van der Waals surface area (Å²) in [6.45, 7) is 2.88. The smallest absolute Gasteiger partial charge is 0.314 e. The molecule has 1 unspecified atom stereocenters. The van der Waals surface area contributed by atoms with Crippen LogP contribution in [-0.4, -0.2) is 35.3 Å².